The van der Waals surface area contributed by atoms with Crippen LogP contribution >= 0.6 is 0 Å². The van der Waals surface area contributed by atoms with E-state index in [1.54, 1.807) is 7.11 Å². The summed E-state index contributed by atoms with van der Waals surface area (Å²) in [5.74, 6) is 0.936. The Morgan fingerprint density at radius 3 is 2.15 bits per heavy atom. The molecular weight excluding hydrogens is 350 g/mol. The topological polar surface area (TPSA) is 29.5 Å². The molecule has 27 heavy (non-hydrogen) atoms. The average molecular weight is 384 g/mol. The number of ether oxygens (including phenoxy) is 1. The van der Waals surface area contributed by atoms with E-state index >= 15 is 0 Å². The van der Waals surface area contributed by atoms with Crippen LogP contribution < -0.4 is 9.92 Å². The Morgan fingerprint density at radius 2 is 1.63 bits per heavy atom. The third kappa shape index (κ3) is 4.11. The zero-order chi connectivity index (χ0) is 20.4. The average Bonchev–Trinajstić information content (AvgIpc) is 2.63. The second-order valence-corrected chi connectivity index (χ2v) is 13.0. The highest BCUT2D eigenvalue weighted by Crippen LogP contribution is 2.32. The fourth-order valence-electron chi connectivity index (χ4n) is 3.66. The van der Waals surface area contributed by atoms with E-state index in [1.165, 1.54) is 11.1 Å². The number of rotatable bonds is 6. The van der Waals surface area contributed by atoms with Gasteiger partial charge < -0.3 is 9.64 Å². The van der Waals surface area contributed by atoms with E-state index in [1.807, 2.05) is 24.8 Å². The number of nitrogens with zero attached hydrogens (tertiary/aromatic N) is 1. The maximum atomic E-state index is 13.6. The molecule has 0 aliphatic rings. The minimum Gasteiger partial charge on any atom is -0.497 e. The van der Waals surface area contributed by atoms with Gasteiger partial charge in [0, 0.05) is 13.1 Å². The molecule has 0 fully saturated rings. The van der Waals surface area contributed by atoms with Gasteiger partial charge in [-0.3, -0.25) is 4.79 Å². The largest absolute Gasteiger partial charge is 0.497 e. The van der Waals surface area contributed by atoms with E-state index in [0.29, 0.717) is 13.1 Å². The SMILES string of the molecule is CCN(CC)C(=O)c1c(-c2cccc(C)c2C)ccc(OC)c1[Si](C)(C)C. The van der Waals surface area contributed by atoms with Gasteiger partial charge in [0.15, 0.2) is 0 Å². The van der Waals surface area contributed by atoms with Gasteiger partial charge in [-0.1, -0.05) is 37.8 Å². The van der Waals surface area contributed by atoms with Crippen LogP contribution in [-0.2, 0) is 0 Å². The molecule has 2 aromatic rings. The Labute approximate surface area is 165 Å². The van der Waals surface area contributed by atoms with Crippen molar-refractivity contribution in [2.75, 3.05) is 20.2 Å². The summed E-state index contributed by atoms with van der Waals surface area (Å²) in [6.45, 7) is 16.5. The summed E-state index contributed by atoms with van der Waals surface area (Å²) in [6.07, 6.45) is 0. The van der Waals surface area contributed by atoms with Crippen molar-refractivity contribution in [3.63, 3.8) is 0 Å². The van der Waals surface area contributed by atoms with Gasteiger partial charge in [-0.2, -0.15) is 0 Å². The maximum absolute atomic E-state index is 13.6. The molecule has 2 rings (SSSR count). The summed E-state index contributed by atoms with van der Waals surface area (Å²) in [6, 6.07) is 10.4. The van der Waals surface area contributed by atoms with Crippen molar-refractivity contribution in [1.29, 1.82) is 0 Å². The predicted molar refractivity (Wildman–Crippen MR) is 118 cm³/mol. The van der Waals surface area contributed by atoms with Crippen molar-refractivity contribution in [1.82, 2.24) is 4.90 Å². The van der Waals surface area contributed by atoms with E-state index in [0.717, 1.165) is 27.6 Å². The fourth-order valence-corrected chi connectivity index (χ4v) is 5.57. The molecule has 0 saturated heterocycles. The van der Waals surface area contributed by atoms with E-state index in [-0.39, 0.29) is 5.91 Å². The molecule has 0 aliphatic heterocycles. The van der Waals surface area contributed by atoms with Crippen LogP contribution in [0.1, 0.15) is 35.3 Å². The predicted octanol–water partition coefficient (Wildman–Crippen LogP) is 5.01. The summed E-state index contributed by atoms with van der Waals surface area (Å²) >= 11 is 0. The highest BCUT2D eigenvalue weighted by molar-refractivity contribution is 6.90. The number of hydrogen-bond acceptors (Lipinski definition) is 2. The fraction of sp³-hybridized carbons (Fsp3) is 0.435. The quantitative estimate of drug-likeness (QED) is 0.657. The first-order chi connectivity index (χ1) is 12.7. The molecule has 0 aromatic heterocycles. The van der Waals surface area contributed by atoms with Gasteiger partial charge in [-0.05, 0) is 67.3 Å². The Hall–Kier alpha value is -2.07. The monoisotopic (exact) mass is 383 g/mol. The van der Waals surface area contributed by atoms with Gasteiger partial charge in [0.2, 0.25) is 0 Å². The van der Waals surface area contributed by atoms with Crippen molar-refractivity contribution in [3.05, 3.63) is 47.0 Å². The molecule has 0 bridgehead atoms. The normalized spacial score (nSPS) is 11.4. The smallest absolute Gasteiger partial charge is 0.254 e. The number of hydrogen-bond donors (Lipinski definition) is 0. The molecule has 0 unspecified atom stereocenters. The van der Waals surface area contributed by atoms with Crippen LogP contribution in [0.25, 0.3) is 11.1 Å². The molecule has 4 heteroatoms. The van der Waals surface area contributed by atoms with E-state index in [4.69, 9.17) is 4.74 Å². The van der Waals surface area contributed by atoms with Crippen LogP contribution in [-0.4, -0.2) is 39.1 Å². The minimum absolute atomic E-state index is 0.104. The number of aryl methyl sites for hydroxylation is 1. The molecule has 0 atom stereocenters. The third-order valence-corrected chi connectivity index (χ3v) is 7.29. The van der Waals surface area contributed by atoms with Crippen molar-refractivity contribution >= 4 is 19.2 Å². The standard InChI is InChI=1S/C23H33NO2Si/c1-9-24(10-2)23(25)21-19(18-13-11-12-16(3)17(18)4)14-15-20(26-5)22(21)27(6,7)8/h11-15H,9-10H2,1-8H3. The van der Waals surface area contributed by atoms with Crippen molar-refractivity contribution in [2.45, 2.75) is 47.3 Å². The van der Waals surface area contributed by atoms with Crippen molar-refractivity contribution in [2.24, 2.45) is 0 Å². The number of carbonyl (C=O) groups excluding carboxylic acids is 1. The molecule has 3 nitrogen and oxygen atoms in total. The number of benzene rings is 2. The molecule has 0 radical (unpaired) electrons. The van der Waals surface area contributed by atoms with Gasteiger partial charge in [-0.25, -0.2) is 0 Å². The van der Waals surface area contributed by atoms with E-state index < -0.39 is 8.07 Å². The van der Waals surface area contributed by atoms with Crippen LogP contribution in [0.2, 0.25) is 19.6 Å². The lowest BCUT2D eigenvalue weighted by Crippen LogP contribution is -2.45. The minimum atomic E-state index is -1.85. The first-order valence-corrected chi connectivity index (χ1v) is 13.2. The first-order valence-electron chi connectivity index (χ1n) is 9.74. The Morgan fingerprint density at radius 1 is 1.00 bits per heavy atom. The molecule has 0 heterocycles. The second-order valence-electron chi connectivity index (χ2n) is 8.04. The number of carbonyl (C=O) groups is 1. The van der Waals surface area contributed by atoms with E-state index in [9.17, 15) is 4.79 Å². The van der Waals surface area contributed by atoms with Gasteiger partial charge in [-0.15, -0.1) is 0 Å². The Balaban J connectivity index is 2.93. The Kier molecular flexibility index (Phi) is 6.53. The first kappa shape index (κ1) is 21.2. The summed E-state index contributed by atoms with van der Waals surface area (Å²) in [7, 11) is -0.149. The maximum Gasteiger partial charge on any atom is 0.254 e. The van der Waals surface area contributed by atoms with Gasteiger partial charge in [0.25, 0.3) is 5.91 Å². The van der Waals surface area contributed by atoms with Gasteiger partial charge >= 0.3 is 0 Å². The molecule has 0 spiro atoms. The lowest BCUT2D eigenvalue weighted by molar-refractivity contribution is 0.0774. The summed E-state index contributed by atoms with van der Waals surface area (Å²) in [4.78, 5) is 15.5. The summed E-state index contributed by atoms with van der Waals surface area (Å²) in [5.41, 5.74) is 5.43. The molecule has 2 aromatic carbocycles. The van der Waals surface area contributed by atoms with Crippen LogP contribution in [0.3, 0.4) is 0 Å². The highest BCUT2D eigenvalue weighted by Gasteiger charge is 2.32. The second kappa shape index (κ2) is 8.30. The number of methoxy groups -OCH3 is 1. The van der Waals surface area contributed by atoms with Crippen molar-refractivity contribution < 1.29 is 9.53 Å². The Bertz CT molecular complexity index is 833. The van der Waals surface area contributed by atoms with Gasteiger partial charge in [0.1, 0.15) is 5.75 Å². The van der Waals surface area contributed by atoms with Crippen LogP contribution in [0.4, 0.5) is 0 Å². The molecule has 0 saturated carbocycles. The molecule has 0 N–H and O–H groups in total. The highest BCUT2D eigenvalue weighted by atomic mass is 28.3. The van der Waals surface area contributed by atoms with Crippen LogP contribution in [0.5, 0.6) is 5.75 Å². The third-order valence-electron chi connectivity index (χ3n) is 5.30. The molecule has 0 aliphatic carbocycles. The van der Waals surface area contributed by atoms with Crippen LogP contribution in [0, 0.1) is 13.8 Å². The molecular formula is C23H33NO2Si. The van der Waals surface area contributed by atoms with Crippen molar-refractivity contribution in [3.8, 4) is 16.9 Å². The lowest BCUT2D eigenvalue weighted by Gasteiger charge is -2.29. The van der Waals surface area contributed by atoms with E-state index in [2.05, 4.69) is 57.8 Å². The molecule has 146 valence electrons. The summed E-state index contributed by atoms with van der Waals surface area (Å²) < 4.78 is 5.72. The lowest BCUT2D eigenvalue weighted by atomic mass is 9.92. The molecule has 1 amide bonds. The zero-order valence-electron chi connectivity index (χ0n) is 18.1. The zero-order valence-corrected chi connectivity index (χ0v) is 19.1. The van der Waals surface area contributed by atoms with Crippen LogP contribution in [0.15, 0.2) is 30.3 Å². The van der Waals surface area contributed by atoms with Gasteiger partial charge in [0.05, 0.1) is 20.7 Å². The number of amides is 1. The summed E-state index contributed by atoms with van der Waals surface area (Å²) in [5, 5.41) is 1.11.